The van der Waals surface area contributed by atoms with Crippen molar-refractivity contribution in [3.63, 3.8) is 0 Å². The van der Waals surface area contributed by atoms with Gasteiger partial charge in [-0.15, -0.1) is 45.3 Å². The van der Waals surface area contributed by atoms with E-state index in [1.165, 1.54) is 316 Å². The molecule has 6 aromatic rings. The van der Waals surface area contributed by atoms with Crippen LogP contribution >= 0.6 is 57.1 Å². The van der Waals surface area contributed by atoms with Gasteiger partial charge in [-0.25, -0.2) is 4.39 Å². The lowest BCUT2D eigenvalue weighted by atomic mass is 9.88. The van der Waals surface area contributed by atoms with E-state index >= 15 is 4.39 Å². The van der Waals surface area contributed by atoms with Gasteiger partial charge in [0, 0.05) is 45.3 Å². The molecule has 8 heteroatoms. The van der Waals surface area contributed by atoms with Crippen LogP contribution in [0, 0.1) is 31.5 Å². The molecule has 80 heavy (non-hydrogen) atoms. The first-order valence-electron chi connectivity index (χ1n) is 33.7. The SMILES string of the molecule is CCCCCCCCCCCCC(CCCCCCCCCC)Cc1cc(-c2ccc(-c3cc(CC(CCCCCCCCCC)CCCCCCCCCCCC)c(-c4cc(F)c(-c5ccc(C)s5)s4)s3)c3nsnc23)sc1C. The molecule has 2 nitrogen and oxygen atoms in total. The summed E-state index contributed by atoms with van der Waals surface area (Å²) in [5.74, 6) is 1.30. The number of aromatic nitrogens is 2. The van der Waals surface area contributed by atoms with E-state index in [0.717, 1.165) is 38.0 Å². The third-order valence-corrected chi connectivity index (χ3v) is 22.9. The standard InChI is InChI=1S/C72H111FN2S5/c1-7-11-15-19-23-27-29-33-37-40-44-58(43-39-35-31-25-21-17-13-9-3)51-60-53-66(77-57(60)6)62-48-49-63(70-69(62)74-80-75-70)67-54-61(71(78-67)68-55-64(73)72(79-68)65-50-47-56(5)76-65)52-59(45-41-36-32-26-22-18-14-10-4)46-42-38-34-30-28-24-20-16-12-8-2/h47-50,53-55,58-59H,7-46,51-52H2,1-6H3. The average Bonchev–Trinajstić information content (AvgIpc) is 4.39. The van der Waals surface area contributed by atoms with E-state index in [2.05, 4.69) is 77.9 Å². The Labute approximate surface area is 510 Å². The van der Waals surface area contributed by atoms with Gasteiger partial charge in [0.25, 0.3) is 0 Å². The zero-order valence-electron chi connectivity index (χ0n) is 51.7. The van der Waals surface area contributed by atoms with Crippen LogP contribution in [0.2, 0.25) is 0 Å². The molecule has 5 aromatic heterocycles. The highest BCUT2D eigenvalue weighted by molar-refractivity contribution is 7.27. The number of hydrogen-bond donors (Lipinski definition) is 0. The van der Waals surface area contributed by atoms with Gasteiger partial charge >= 0.3 is 0 Å². The summed E-state index contributed by atoms with van der Waals surface area (Å²) in [4.78, 5) is 9.40. The molecule has 0 amide bonds. The maximum atomic E-state index is 16.2. The highest BCUT2D eigenvalue weighted by Crippen LogP contribution is 2.48. The Morgan fingerprint density at radius 1 is 0.362 bits per heavy atom. The van der Waals surface area contributed by atoms with E-state index < -0.39 is 0 Å². The van der Waals surface area contributed by atoms with Crippen LogP contribution in [0.25, 0.3) is 51.4 Å². The summed E-state index contributed by atoms with van der Waals surface area (Å²) >= 11 is 8.53. The molecule has 0 aliphatic heterocycles. The molecule has 0 aliphatic carbocycles. The Hall–Kier alpha value is -2.23. The second-order valence-corrected chi connectivity index (χ2v) is 29.8. The van der Waals surface area contributed by atoms with Gasteiger partial charge in [-0.1, -0.05) is 297 Å². The van der Waals surface area contributed by atoms with Crippen molar-refractivity contribution in [1.29, 1.82) is 0 Å². The van der Waals surface area contributed by atoms with Crippen LogP contribution in [-0.4, -0.2) is 8.75 Å². The molecule has 2 atom stereocenters. The molecule has 0 saturated heterocycles. The van der Waals surface area contributed by atoms with Crippen molar-refractivity contribution < 1.29 is 4.39 Å². The quantitative estimate of drug-likeness (QED) is 0.0356. The predicted octanol–water partition coefficient (Wildman–Crippen LogP) is 27.4. The average molecular weight is 1180 g/mol. The Kier molecular flexibility index (Phi) is 33.6. The van der Waals surface area contributed by atoms with Crippen LogP contribution in [0.4, 0.5) is 4.39 Å². The second kappa shape index (κ2) is 40.2. The van der Waals surface area contributed by atoms with Crippen molar-refractivity contribution in [1.82, 2.24) is 8.75 Å². The van der Waals surface area contributed by atoms with E-state index in [1.807, 2.05) is 28.7 Å². The summed E-state index contributed by atoms with van der Waals surface area (Å²) in [6.45, 7) is 13.8. The fourth-order valence-corrected chi connectivity index (χ4v) is 17.6. The van der Waals surface area contributed by atoms with Crippen LogP contribution in [0.5, 0.6) is 0 Å². The topological polar surface area (TPSA) is 25.8 Å². The molecular weight excluding hydrogens is 1070 g/mol. The predicted molar refractivity (Wildman–Crippen MR) is 362 cm³/mol. The van der Waals surface area contributed by atoms with Crippen molar-refractivity contribution in [3.8, 4) is 40.4 Å². The first-order chi connectivity index (χ1) is 39.3. The Morgan fingerprint density at radius 2 is 0.725 bits per heavy atom. The molecule has 0 radical (unpaired) electrons. The van der Waals surface area contributed by atoms with E-state index in [0.29, 0.717) is 5.92 Å². The third kappa shape index (κ3) is 23.7. The van der Waals surface area contributed by atoms with Crippen molar-refractivity contribution in [2.24, 2.45) is 11.8 Å². The molecule has 1 aromatic carbocycles. The molecule has 0 spiro atoms. The van der Waals surface area contributed by atoms with Gasteiger partial charge < -0.3 is 0 Å². The van der Waals surface area contributed by atoms with Crippen molar-refractivity contribution >= 4 is 68.1 Å². The van der Waals surface area contributed by atoms with Gasteiger partial charge in [0.15, 0.2) is 0 Å². The summed E-state index contributed by atoms with van der Waals surface area (Å²) in [7, 11) is 0. The molecule has 0 fully saturated rings. The summed E-state index contributed by atoms with van der Waals surface area (Å²) in [6.07, 6.45) is 57.3. The van der Waals surface area contributed by atoms with Crippen molar-refractivity contribution in [3.05, 3.63) is 69.2 Å². The first-order valence-corrected chi connectivity index (χ1v) is 37.7. The van der Waals surface area contributed by atoms with Gasteiger partial charge in [0.05, 0.1) is 16.6 Å². The van der Waals surface area contributed by atoms with Crippen LogP contribution in [-0.2, 0) is 12.8 Å². The summed E-state index contributed by atoms with van der Waals surface area (Å²) in [5.41, 5.74) is 7.39. The van der Waals surface area contributed by atoms with Crippen LogP contribution in [0.3, 0.4) is 0 Å². The lowest BCUT2D eigenvalue weighted by molar-refractivity contribution is 0.399. The molecule has 2 unspecified atom stereocenters. The van der Waals surface area contributed by atoms with E-state index in [4.69, 9.17) is 8.75 Å². The zero-order chi connectivity index (χ0) is 56.4. The fraction of sp³-hybridized carbons (Fsp3) is 0.694. The number of unbranched alkanes of at least 4 members (excludes halogenated alkanes) is 32. The molecule has 0 N–H and O–H groups in total. The minimum atomic E-state index is -0.0899. The van der Waals surface area contributed by atoms with E-state index in [9.17, 15) is 0 Å². The van der Waals surface area contributed by atoms with Gasteiger partial charge in [-0.2, -0.15) is 8.75 Å². The number of benzene rings is 1. The number of hydrogen-bond acceptors (Lipinski definition) is 7. The van der Waals surface area contributed by atoms with Gasteiger partial charge in [-0.05, 0) is 80.0 Å². The Morgan fingerprint density at radius 3 is 1.12 bits per heavy atom. The third-order valence-electron chi connectivity index (χ3n) is 17.5. The summed E-state index contributed by atoms with van der Waals surface area (Å²) in [6, 6.07) is 15.8. The first kappa shape index (κ1) is 66.9. The minimum Gasteiger partial charge on any atom is -0.205 e. The lowest BCUT2D eigenvalue weighted by Crippen LogP contribution is -2.05. The van der Waals surface area contributed by atoms with Crippen molar-refractivity contribution in [2.75, 3.05) is 0 Å². The molecular formula is C72H111FN2S5. The van der Waals surface area contributed by atoms with Crippen molar-refractivity contribution in [2.45, 2.75) is 311 Å². The number of nitrogens with zero attached hydrogens (tertiary/aromatic N) is 2. The number of halogens is 1. The van der Waals surface area contributed by atoms with Crippen LogP contribution in [0.15, 0.2) is 42.5 Å². The number of fused-ring (bicyclic) bond motifs is 1. The monoisotopic (exact) mass is 1180 g/mol. The van der Waals surface area contributed by atoms with Gasteiger partial charge in [-0.3, -0.25) is 0 Å². The molecule has 0 saturated carbocycles. The summed E-state index contributed by atoms with van der Waals surface area (Å²) < 4.78 is 26.3. The van der Waals surface area contributed by atoms with Crippen LogP contribution in [0.1, 0.15) is 305 Å². The van der Waals surface area contributed by atoms with Gasteiger partial charge in [0.2, 0.25) is 0 Å². The largest absolute Gasteiger partial charge is 0.205 e. The van der Waals surface area contributed by atoms with E-state index in [1.54, 1.807) is 28.2 Å². The number of aryl methyl sites for hydroxylation is 2. The molecule has 0 bridgehead atoms. The zero-order valence-corrected chi connectivity index (χ0v) is 55.8. The molecule has 6 rings (SSSR count). The number of rotatable bonds is 48. The number of thiophene rings is 4. The van der Waals surface area contributed by atoms with E-state index in [-0.39, 0.29) is 5.82 Å². The Balaban J connectivity index is 1.20. The highest BCUT2D eigenvalue weighted by atomic mass is 32.1. The summed E-state index contributed by atoms with van der Waals surface area (Å²) in [5, 5.41) is 0. The lowest BCUT2D eigenvalue weighted by Gasteiger charge is -2.17. The fourth-order valence-electron chi connectivity index (χ4n) is 12.5. The highest BCUT2D eigenvalue weighted by Gasteiger charge is 2.24. The maximum Gasteiger partial charge on any atom is 0.143 e. The maximum absolute atomic E-state index is 16.2. The van der Waals surface area contributed by atoms with Crippen LogP contribution < -0.4 is 0 Å². The Bertz CT molecular complexity index is 2520. The normalized spacial score (nSPS) is 12.7. The molecule has 0 aliphatic rings. The van der Waals surface area contributed by atoms with Gasteiger partial charge in [0.1, 0.15) is 16.9 Å². The minimum absolute atomic E-state index is 0.0899. The molecule has 446 valence electrons. The second-order valence-electron chi connectivity index (χ2n) is 24.6. The smallest absolute Gasteiger partial charge is 0.143 e. The molecule has 5 heterocycles.